The first-order chi connectivity index (χ1) is 9.06. The van der Waals surface area contributed by atoms with Gasteiger partial charge in [0.2, 0.25) is 0 Å². The molecule has 0 aliphatic rings. The number of methoxy groups -OCH3 is 1. The predicted molar refractivity (Wildman–Crippen MR) is 81.0 cm³/mol. The molecular weight excluding hydrogens is 309 g/mol. The van der Waals surface area contributed by atoms with Gasteiger partial charge < -0.3 is 10.1 Å². The number of hydrogen-bond acceptors (Lipinski definition) is 2. The van der Waals surface area contributed by atoms with E-state index in [2.05, 4.69) is 35.1 Å². The van der Waals surface area contributed by atoms with Crippen LogP contribution < -0.4 is 5.32 Å². The molecule has 1 aromatic rings. The normalized spacial score (nSPS) is 14.4. The van der Waals surface area contributed by atoms with Gasteiger partial charge >= 0.3 is 0 Å². The summed E-state index contributed by atoms with van der Waals surface area (Å²) in [5.74, 6) is -0.205. The van der Waals surface area contributed by atoms with Gasteiger partial charge in [0.1, 0.15) is 5.82 Å². The van der Waals surface area contributed by atoms with Crippen LogP contribution in [0.15, 0.2) is 22.7 Å². The molecule has 0 radical (unpaired) electrons. The van der Waals surface area contributed by atoms with Crippen LogP contribution in [0.2, 0.25) is 0 Å². The molecule has 0 fully saturated rings. The van der Waals surface area contributed by atoms with Gasteiger partial charge in [-0.25, -0.2) is 4.39 Å². The highest BCUT2D eigenvalue weighted by Gasteiger charge is 2.12. The maximum Gasteiger partial charge on any atom is 0.124 e. The Labute approximate surface area is 123 Å². The molecule has 2 atom stereocenters. The monoisotopic (exact) mass is 331 g/mol. The van der Waals surface area contributed by atoms with Crippen molar-refractivity contribution in [1.29, 1.82) is 0 Å². The highest BCUT2D eigenvalue weighted by atomic mass is 79.9. The Kier molecular flexibility index (Phi) is 7.57. The molecule has 108 valence electrons. The molecule has 1 rings (SSSR count). The van der Waals surface area contributed by atoms with Crippen molar-refractivity contribution in [3.05, 3.63) is 34.1 Å². The SMILES string of the molecule is CCNC(CCC(C)OC)Cc1ccc(F)cc1Br. The zero-order chi connectivity index (χ0) is 14.3. The van der Waals surface area contributed by atoms with Crippen LogP contribution >= 0.6 is 15.9 Å². The van der Waals surface area contributed by atoms with Gasteiger partial charge in [-0.1, -0.05) is 28.9 Å². The average Bonchev–Trinajstić information content (AvgIpc) is 2.38. The number of rotatable bonds is 8. The van der Waals surface area contributed by atoms with Crippen LogP contribution in [0.25, 0.3) is 0 Å². The van der Waals surface area contributed by atoms with Crippen molar-refractivity contribution in [1.82, 2.24) is 5.32 Å². The molecular formula is C15H23BrFNO. The standard InChI is InChI=1S/C15H23BrFNO/c1-4-18-14(8-5-11(2)19-3)9-12-6-7-13(17)10-15(12)16/h6-7,10-11,14,18H,4-5,8-9H2,1-3H3. The average molecular weight is 332 g/mol. The van der Waals surface area contributed by atoms with E-state index in [0.717, 1.165) is 35.8 Å². The number of likely N-dealkylation sites (N-methyl/N-ethyl adjacent to an activating group) is 1. The number of benzene rings is 1. The van der Waals surface area contributed by atoms with Crippen molar-refractivity contribution < 1.29 is 9.13 Å². The van der Waals surface area contributed by atoms with E-state index in [1.54, 1.807) is 7.11 Å². The quantitative estimate of drug-likeness (QED) is 0.779. The molecule has 0 aliphatic heterocycles. The molecule has 0 spiro atoms. The summed E-state index contributed by atoms with van der Waals surface area (Å²) in [5, 5.41) is 3.48. The number of ether oxygens (including phenoxy) is 1. The molecule has 1 N–H and O–H groups in total. The summed E-state index contributed by atoms with van der Waals surface area (Å²) >= 11 is 3.43. The Morgan fingerprint density at radius 2 is 2.11 bits per heavy atom. The minimum absolute atomic E-state index is 0.205. The Morgan fingerprint density at radius 1 is 1.37 bits per heavy atom. The lowest BCUT2D eigenvalue weighted by Crippen LogP contribution is -2.32. The fourth-order valence-corrected chi connectivity index (χ4v) is 2.58. The first kappa shape index (κ1) is 16.6. The van der Waals surface area contributed by atoms with Crippen LogP contribution in [0, 0.1) is 5.82 Å². The lowest BCUT2D eigenvalue weighted by atomic mass is 10.0. The second-order valence-electron chi connectivity index (χ2n) is 4.82. The van der Waals surface area contributed by atoms with E-state index in [1.807, 2.05) is 6.07 Å². The van der Waals surface area contributed by atoms with Gasteiger partial charge in [0.15, 0.2) is 0 Å². The van der Waals surface area contributed by atoms with E-state index in [-0.39, 0.29) is 11.9 Å². The van der Waals surface area contributed by atoms with Crippen LogP contribution in [0.1, 0.15) is 32.3 Å². The third kappa shape index (κ3) is 6.02. The number of nitrogens with one attached hydrogen (secondary N) is 1. The third-order valence-electron chi connectivity index (χ3n) is 3.30. The molecule has 0 aliphatic carbocycles. The third-order valence-corrected chi connectivity index (χ3v) is 4.04. The van der Waals surface area contributed by atoms with E-state index >= 15 is 0 Å². The van der Waals surface area contributed by atoms with Crippen molar-refractivity contribution in [2.24, 2.45) is 0 Å². The van der Waals surface area contributed by atoms with Crippen molar-refractivity contribution in [3.8, 4) is 0 Å². The smallest absolute Gasteiger partial charge is 0.124 e. The van der Waals surface area contributed by atoms with Crippen molar-refractivity contribution in [3.63, 3.8) is 0 Å². The summed E-state index contributed by atoms with van der Waals surface area (Å²) in [4.78, 5) is 0. The maximum absolute atomic E-state index is 13.1. The van der Waals surface area contributed by atoms with Crippen molar-refractivity contribution in [2.75, 3.05) is 13.7 Å². The molecule has 0 saturated carbocycles. The van der Waals surface area contributed by atoms with E-state index < -0.39 is 0 Å². The first-order valence-electron chi connectivity index (χ1n) is 6.76. The molecule has 0 aromatic heterocycles. The van der Waals surface area contributed by atoms with Gasteiger partial charge in [-0.15, -0.1) is 0 Å². The van der Waals surface area contributed by atoms with Crippen LogP contribution in [0.3, 0.4) is 0 Å². The highest BCUT2D eigenvalue weighted by Crippen LogP contribution is 2.21. The van der Waals surface area contributed by atoms with Crippen LogP contribution in [-0.4, -0.2) is 25.8 Å². The summed E-state index contributed by atoms with van der Waals surface area (Å²) in [7, 11) is 1.74. The summed E-state index contributed by atoms with van der Waals surface area (Å²) in [6.07, 6.45) is 3.24. The molecule has 0 amide bonds. The number of halogens is 2. The molecule has 19 heavy (non-hydrogen) atoms. The van der Waals surface area contributed by atoms with Gasteiger partial charge in [-0.05, 0) is 50.4 Å². The van der Waals surface area contributed by atoms with Gasteiger partial charge in [0.25, 0.3) is 0 Å². The Balaban J connectivity index is 2.61. The van der Waals surface area contributed by atoms with E-state index in [0.29, 0.717) is 6.04 Å². The molecule has 1 aromatic carbocycles. The van der Waals surface area contributed by atoms with E-state index in [4.69, 9.17) is 4.74 Å². The van der Waals surface area contributed by atoms with Gasteiger partial charge in [-0.2, -0.15) is 0 Å². The van der Waals surface area contributed by atoms with Crippen LogP contribution in [0.4, 0.5) is 4.39 Å². The minimum atomic E-state index is -0.205. The molecule has 4 heteroatoms. The Morgan fingerprint density at radius 3 is 2.68 bits per heavy atom. The summed E-state index contributed by atoms with van der Waals surface area (Å²) < 4.78 is 19.2. The van der Waals surface area contributed by atoms with E-state index in [9.17, 15) is 4.39 Å². The molecule has 2 nitrogen and oxygen atoms in total. The largest absolute Gasteiger partial charge is 0.382 e. The van der Waals surface area contributed by atoms with Gasteiger partial charge in [0.05, 0.1) is 6.10 Å². The van der Waals surface area contributed by atoms with Crippen molar-refractivity contribution in [2.45, 2.75) is 45.3 Å². The summed E-state index contributed by atoms with van der Waals surface area (Å²) in [6.45, 7) is 5.12. The first-order valence-corrected chi connectivity index (χ1v) is 7.56. The summed E-state index contributed by atoms with van der Waals surface area (Å²) in [5.41, 5.74) is 1.14. The fraction of sp³-hybridized carbons (Fsp3) is 0.600. The zero-order valence-electron chi connectivity index (χ0n) is 11.9. The van der Waals surface area contributed by atoms with Crippen LogP contribution in [0.5, 0.6) is 0 Å². The molecule has 0 saturated heterocycles. The highest BCUT2D eigenvalue weighted by molar-refractivity contribution is 9.10. The second kappa shape index (κ2) is 8.67. The lowest BCUT2D eigenvalue weighted by Gasteiger charge is -2.20. The van der Waals surface area contributed by atoms with Crippen LogP contribution in [-0.2, 0) is 11.2 Å². The number of hydrogen-bond donors (Lipinski definition) is 1. The fourth-order valence-electron chi connectivity index (χ4n) is 2.07. The molecule has 0 bridgehead atoms. The predicted octanol–water partition coefficient (Wildman–Crippen LogP) is 3.92. The second-order valence-corrected chi connectivity index (χ2v) is 5.67. The Hall–Kier alpha value is -0.450. The zero-order valence-corrected chi connectivity index (χ0v) is 13.5. The van der Waals surface area contributed by atoms with Gasteiger partial charge in [-0.3, -0.25) is 0 Å². The topological polar surface area (TPSA) is 21.3 Å². The summed E-state index contributed by atoms with van der Waals surface area (Å²) in [6, 6.07) is 5.28. The minimum Gasteiger partial charge on any atom is -0.382 e. The van der Waals surface area contributed by atoms with Gasteiger partial charge in [0, 0.05) is 17.6 Å². The maximum atomic E-state index is 13.1. The lowest BCUT2D eigenvalue weighted by molar-refractivity contribution is 0.106. The molecule has 0 heterocycles. The molecule has 2 unspecified atom stereocenters. The Bertz CT molecular complexity index is 386. The van der Waals surface area contributed by atoms with Crippen molar-refractivity contribution >= 4 is 15.9 Å². The van der Waals surface area contributed by atoms with E-state index in [1.165, 1.54) is 12.1 Å².